The summed E-state index contributed by atoms with van der Waals surface area (Å²) < 4.78 is 0. The number of hydrogen-bond acceptors (Lipinski definition) is 4. The SMILES string of the molecule is CON(C)C(=O)C1CC1c1ccccc1[N+](=O)[O-]. The van der Waals surface area contributed by atoms with Crippen molar-refractivity contribution in [1.82, 2.24) is 5.06 Å². The number of benzene rings is 1. The first-order chi connectivity index (χ1) is 8.56. The van der Waals surface area contributed by atoms with Crippen LogP contribution >= 0.6 is 0 Å². The molecule has 0 saturated heterocycles. The lowest BCUT2D eigenvalue weighted by atomic mass is 10.1. The van der Waals surface area contributed by atoms with E-state index in [4.69, 9.17) is 4.84 Å². The number of carbonyl (C=O) groups excluding carboxylic acids is 1. The lowest BCUT2D eigenvalue weighted by Crippen LogP contribution is -2.27. The monoisotopic (exact) mass is 250 g/mol. The molecule has 2 rings (SSSR count). The molecule has 0 spiro atoms. The number of para-hydroxylation sites is 1. The van der Waals surface area contributed by atoms with E-state index in [1.807, 2.05) is 0 Å². The summed E-state index contributed by atoms with van der Waals surface area (Å²) in [5.74, 6) is -0.423. The van der Waals surface area contributed by atoms with Crippen molar-refractivity contribution in [3.05, 3.63) is 39.9 Å². The second-order valence-electron chi connectivity index (χ2n) is 4.28. The highest BCUT2D eigenvalue weighted by molar-refractivity contribution is 5.82. The molecule has 96 valence electrons. The van der Waals surface area contributed by atoms with Crippen molar-refractivity contribution in [3.63, 3.8) is 0 Å². The molecule has 2 unspecified atom stereocenters. The summed E-state index contributed by atoms with van der Waals surface area (Å²) in [6.45, 7) is 0. The Balaban J connectivity index is 2.17. The fourth-order valence-electron chi connectivity index (χ4n) is 2.10. The Morgan fingerprint density at radius 1 is 1.50 bits per heavy atom. The van der Waals surface area contributed by atoms with Crippen LogP contribution in [0.15, 0.2) is 24.3 Å². The molecule has 1 aliphatic carbocycles. The van der Waals surface area contributed by atoms with Gasteiger partial charge in [0.2, 0.25) is 5.91 Å². The molecule has 0 aliphatic heterocycles. The average molecular weight is 250 g/mol. The Hall–Kier alpha value is -1.95. The van der Waals surface area contributed by atoms with Crippen molar-refractivity contribution in [3.8, 4) is 0 Å². The Kier molecular flexibility index (Phi) is 3.29. The van der Waals surface area contributed by atoms with E-state index in [0.29, 0.717) is 12.0 Å². The molecule has 0 N–H and O–H groups in total. The molecule has 6 heteroatoms. The van der Waals surface area contributed by atoms with Crippen LogP contribution in [-0.2, 0) is 9.63 Å². The zero-order valence-corrected chi connectivity index (χ0v) is 10.2. The quantitative estimate of drug-likeness (QED) is 0.602. The normalized spacial score (nSPS) is 21.4. The zero-order chi connectivity index (χ0) is 13.3. The molecular formula is C12H14N2O4. The van der Waals surface area contributed by atoms with Crippen LogP contribution in [0.3, 0.4) is 0 Å². The molecule has 18 heavy (non-hydrogen) atoms. The second kappa shape index (κ2) is 4.73. The number of hydrogen-bond donors (Lipinski definition) is 0. The summed E-state index contributed by atoms with van der Waals surface area (Å²) in [5.41, 5.74) is 0.711. The van der Waals surface area contributed by atoms with Gasteiger partial charge in [0.25, 0.3) is 5.69 Å². The molecule has 6 nitrogen and oxygen atoms in total. The average Bonchev–Trinajstić information content (AvgIpc) is 3.17. The van der Waals surface area contributed by atoms with Gasteiger partial charge in [-0.2, -0.15) is 0 Å². The van der Waals surface area contributed by atoms with E-state index in [-0.39, 0.29) is 23.4 Å². The number of carbonyl (C=O) groups is 1. The van der Waals surface area contributed by atoms with Crippen LogP contribution in [0.4, 0.5) is 5.69 Å². The van der Waals surface area contributed by atoms with Gasteiger partial charge in [0.1, 0.15) is 0 Å². The third kappa shape index (κ3) is 2.19. The van der Waals surface area contributed by atoms with Gasteiger partial charge in [-0.1, -0.05) is 18.2 Å². The molecular weight excluding hydrogens is 236 g/mol. The first kappa shape index (κ1) is 12.5. The summed E-state index contributed by atoms with van der Waals surface area (Å²) in [4.78, 5) is 27.2. The molecule has 1 aromatic carbocycles. The van der Waals surface area contributed by atoms with Crippen LogP contribution in [0, 0.1) is 16.0 Å². The summed E-state index contributed by atoms with van der Waals surface area (Å²) in [6.07, 6.45) is 0.636. The van der Waals surface area contributed by atoms with Crippen LogP contribution in [0.2, 0.25) is 0 Å². The van der Waals surface area contributed by atoms with Crippen LogP contribution in [0.1, 0.15) is 17.9 Å². The van der Waals surface area contributed by atoms with Crippen LogP contribution in [0.5, 0.6) is 0 Å². The first-order valence-electron chi connectivity index (χ1n) is 5.61. The molecule has 0 radical (unpaired) electrons. The Morgan fingerprint density at radius 3 is 2.78 bits per heavy atom. The fourth-order valence-corrected chi connectivity index (χ4v) is 2.10. The molecule has 2 atom stereocenters. The highest BCUT2D eigenvalue weighted by Gasteiger charge is 2.47. The van der Waals surface area contributed by atoms with Gasteiger partial charge in [-0.05, 0) is 6.42 Å². The molecule has 1 amide bonds. The van der Waals surface area contributed by atoms with Gasteiger partial charge in [0, 0.05) is 30.5 Å². The van der Waals surface area contributed by atoms with E-state index in [0.717, 1.165) is 0 Å². The Bertz CT molecular complexity index is 489. The summed E-state index contributed by atoms with van der Waals surface area (Å²) >= 11 is 0. The van der Waals surface area contributed by atoms with Crippen molar-refractivity contribution in [2.24, 2.45) is 5.92 Å². The van der Waals surface area contributed by atoms with Crippen molar-refractivity contribution in [1.29, 1.82) is 0 Å². The zero-order valence-electron chi connectivity index (χ0n) is 10.2. The highest BCUT2D eigenvalue weighted by Crippen LogP contribution is 2.50. The molecule has 1 fully saturated rings. The highest BCUT2D eigenvalue weighted by atomic mass is 16.7. The number of nitro groups is 1. The third-order valence-electron chi connectivity index (χ3n) is 3.22. The van der Waals surface area contributed by atoms with Gasteiger partial charge in [0.15, 0.2) is 0 Å². The minimum atomic E-state index is -0.408. The van der Waals surface area contributed by atoms with E-state index in [9.17, 15) is 14.9 Å². The Labute approximate surface area is 104 Å². The first-order valence-corrected chi connectivity index (χ1v) is 5.61. The van der Waals surface area contributed by atoms with Crippen LogP contribution in [-0.4, -0.2) is 30.1 Å². The molecule has 0 heterocycles. The van der Waals surface area contributed by atoms with E-state index in [2.05, 4.69) is 0 Å². The van der Waals surface area contributed by atoms with Gasteiger partial charge in [-0.15, -0.1) is 0 Å². The van der Waals surface area contributed by atoms with E-state index >= 15 is 0 Å². The van der Waals surface area contributed by atoms with E-state index in [1.54, 1.807) is 18.2 Å². The number of rotatable bonds is 4. The molecule has 1 aliphatic rings. The minimum Gasteiger partial charge on any atom is -0.275 e. The second-order valence-corrected chi connectivity index (χ2v) is 4.28. The van der Waals surface area contributed by atoms with Crippen LogP contribution < -0.4 is 0 Å². The predicted octanol–water partition coefficient (Wildman–Crippen LogP) is 1.72. The number of amides is 1. The van der Waals surface area contributed by atoms with Crippen LogP contribution in [0.25, 0.3) is 0 Å². The largest absolute Gasteiger partial charge is 0.275 e. The third-order valence-corrected chi connectivity index (χ3v) is 3.22. The summed E-state index contributed by atoms with van der Waals surface area (Å²) in [7, 11) is 2.96. The number of nitro benzene ring substituents is 1. The van der Waals surface area contributed by atoms with E-state index < -0.39 is 4.92 Å². The number of nitrogens with zero attached hydrogens (tertiary/aromatic N) is 2. The van der Waals surface area contributed by atoms with E-state index in [1.165, 1.54) is 25.3 Å². The fraction of sp³-hybridized carbons (Fsp3) is 0.417. The van der Waals surface area contributed by atoms with Crippen molar-refractivity contribution >= 4 is 11.6 Å². The lowest BCUT2D eigenvalue weighted by Gasteiger charge is -2.13. The molecule has 1 saturated carbocycles. The topological polar surface area (TPSA) is 72.7 Å². The van der Waals surface area contributed by atoms with Crippen molar-refractivity contribution in [2.45, 2.75) is 12.3 Å². The molecule has 0 bridgehead atoms. The smallest absolute Gasteiger partial charge is 0.272 e. The molecule has 0 aromatic heterocycles. The summed E-state index contributed by atoms with van der Waals surface area (Å²) in [6, 6.07) is 6.56. The van der Waals surface area contributed by atoms with Gasteiger partial charge in [-0.25, -0.2) is 5.06 Å². The molecule has 1 aromatic rings. The van der Waals surface area contributed by atoms with Crippen molar-refractivity contribution < 1.29 is 14.6 Å². The van der Waals surface area contributed by atoms with Gasteiger partial charge >= 0.3 is 0 Å². The maximum atomic E-state index is 11.8. The van der Waals surface area contributed by atoms with Crippen molar-refractivity contribution in [2.75, 3.05) is 14.2 Å². The van der Waals surface area contributed by atoms with Gasteiger partial charge in [-0.3, -0.25) is 19.7 Å². The number of hydroxylamine groups is 2. The maximum Gasteiger partial charge on any atom is 0.272 e. The summed E-state index contributed by atoms with van der Waals surface area (Å²) in [5, 5.41) is 12.1. The predicted molar refractivity (Wildman–Crippen MR) is 63.7 cm³/mol. The maximum absolute atomic E-state index is 11.8. The van der Waals surface area contributed by atoms with Gasteiger partial charge < -0.3 is 0 Å². The van der Waals surface area contributed by atoms with Gasteiger partial charge in [0.05, 0.1) is 12.0 Å². The Morgan fingerprint density at radius 2 is 2.17 bits per heavy atom. The standard InChI is InChI=1S/C12H14N2O4/c1-13(18-2)12(15)10-7-9(10)8-5-3-4-6-11(8)14(16)17/h3-6,9-10H,7H2,1-2H3. The minimum absolute atomic E-state index is 0.0725. The lowest BCUT2D eigenvalue weighted by molar-refractivity contribution is -0.385.